The van der Waals surface area contributed by atoms with Crippen molar-refractivity contribution in [3.8, 4) is 0 Å². The molecule has 0 saturated heterocycles. The average molecular weight is 518 g/mol. The number of likely N-dealkylation sites (N-methyl/N-ethyl adjacent to an activating group) is 1. The summed E-state index contributed by atoms with van der Waals surface area (Å²) in [6.45, 7) is 8.73. The molecule has 1 aliphatic rings. The quantitative estimate of drug-likeness (QED) is 0.220. The molecule has 0 fully saturated rings. The number of rotatable bonds is 15. The Hall–Kier alpha value is -2.31. The van der Waals surface area contributed by atoms with Gasteiger partial charge in [-0.25, -0.2) is 14.2 Å². The third kappa shape index (κ3) is 8.38. The molecule has 0 radical (unpaired) electrons. The van der Waals surface area contributed by atoms with E-state index in [1.165, 1.54) is 49.5 Å². The minimum atomic E-state index is -1.27. The first-order chi connectivity index (χ1) is 17.4. The monoisotopic (exact) mass is 517 g/mol. The first-order valence-electron chi connectivity index (χ1n) is 13.2. The van der Waals surface area contributed by atoms with Crippen molar-refractivity contribution in [2.45, 2.75) is 65.3 Å². The fourth-order valence-corrected chi connectivity index (χ4v) is 4.92. The molecule has 0 saturated carbocycles. The number of nitrogens with zero attached hydrogens (tertiary/aromatic N) is 3. The number of anilines is 2. The first kappa shape index (κ1) is 28.3. The maximum absolute atomic E-state index is 14.1. The van der Waals surface area contributed by atoms with Crippen molar-refractivity contribution in [1.82, 2.24) is 14.9 Å². The third-order valence-corrected chi connectivity index (χ3v) is 7.24. The molecule has 0 bridgehead atoms. The predicted molar refractivity (Wildman–Crippen MR) is 148 cm³/mol. The summed E-state index contributed by atoms with van der Waals surface area (Å²) in [5, 5.41) is 15.8. The highest BCUT2D eigenvalue weighted by Gasteiger charge is 2.22. The summed E-state index contributed by atoms with van der Waals surface area (Å²) in [4.78, 5) is 23.1. The summed E-state index contributed by atoms with van der Waals surface area (Å²) in [6.07, 6.45) is 9.29. The summed E-state index contributed by atoms with van der Waals surface area (Å²) in [5.41, 5.74) is 2.59. The SMILES string of the molecule is CCN(CCCCCCP)CCNc1nc(NCc2ccc(C(=O)O)c(F)c2)nc2c1CC(C)CC2. The number of hydrogen-bond acceptors (Lipinski definition) is 6. The second-order valence-corrected chi connectivity index (χ2v) is 10.3. The Kier molecular flexibility index (Phi) is 11.3. The zero-order valence-corrected chi connectivity index (χ0v) is 22.8. The Bertz CT molecular complexity index is 1010. The van der Waals surface area contributed by atoms with E-state index >= 15 is 0 Å². The molecule has 0 amide bonds. The number of benzene rings is 1. The van der Waals surface area contributed by atoms with Crippen LogP contribution in [0.3, 0.4) is 0 Å². The van der Waals surface area contributed by atoms with Crippen LogP contribution in [-0.2, 0) is 19.4 Å². The Morgan fingerprint density at radius 1 is 1.19 bits per heavy atom. The van der Waals surface area contributed by atoms with Crippen LogP contribution in [0.15, 0.2) is 18.2 Å². The van der Waals surface area contributed by atoms with Gasteiger partial charge in [0.15, 0.2) is 0 Å². The van der Waals surface area contributed by atoms with Crippen LogP contribution in [0.4, 0.5) is 16.2 Å². The number of carbonyl (C=O) groups is 1. The minimum absolute atomic E-state index is 0.311. The first-order valence-corrected chi connectivity index (χ1v) is 14.0. The second-order valence-electron chi connectivity index (χ2n) is 9.71. The van der Waals surface area contributed by atoms with Gasteiger partial charge in [0.25, 0.3) is 0 Å². The second kappa shape index (κ2) is 14.4. The van der Waals surface area contributed by atoms with E-state index in [-0.39, 0.29) is 5.56 Å². The zero-order valence-electron chi connectivity index (χ0n) is 21.7. The highest BCUT2D eigenvalue weighted by Crippen LogP contribution is 2.30. The Morgan fingerprint density at radius 3 is 2.72 bits per heavy atom. The van der Waals surface area contributed by atoms with Gasteiger partial charge in [-0.3, -0.25) is 0 Å². The Morgan fingerprint density at radius 2 is 2.00 bits per heavy atom. The van der Waals surface area contributed by atoms with Gasteiger partial charge in [0, 0.05) is 25.2 Å². The summed E-state index contributed by atoms with van der Waals surface area (Å²) < 4.78 is 14.1. The van der Waals surface area contributed by atoms with E-state index in [0.717, 1.165) is 57.0 Å². The highest BCUT2D eigenvalue weighted by atomic mass is 31.0. The lowest BCUT2D eigenvalue weighted by Gasteiger charge is -2.25. The molecule has 3 N–H and O–H groups in total. The smallest absolute Gasteiger partial charge is 0.338 e. The molecule has 0 spiro atoms. The van der Waals surface area contributed by atoms with E-state index in [9.17, 15) is 9.18 Å². The van der Waals surface area contributed by atoms with Gasteiger partial charge in [-0.15, -0.1) is 9.24 Å². The molecule has 9 heteroatoms. The Balaban J connectivity index is 1.63. The molecule has 7 nitrogen and oxygen atoms in total. The molecular weight excluding hydrogens is 476 g/mol. The van der Waals surface area contributed by atoms with Gasteiger partial charge in [-0.2, -0.15) is 4.98 Å². The van der Waals surface area contributed by atoms with Crippen LogP contribution in [0.5, 0.6) is 0 Å². The molecule has 198 valence electrons. The van der Waals surface area contributed by atoms with Crippen molar-refractivity contribution in [3.63, 3.8) is 0 Å². The van der Waals surface area contributed by atoms with Crippen molar-refractivity contribution in [2.75, 3.05) is 43.0 Å². The maximum Gasteiger partial charge on any atom is 0.338 e. The lowest BCUT2D eigenvalue weighted by molar-refractivity contribution is 0.0692. The van der Waals surface area contributed by atoms with E-state index < -0.39 is 11.8 Å². The van der Waals surface area contributed by atoms with E-state index in [4.69, 9.17) is 15.1 Å². The number of carboxylic acids is 1. The number of aromatic nitrogens is 2. The van der Waals surface area contributed by atoms with Crippen LogP contribution in [0.1, 0.15) is 73.1 Å². The number of fused-ring (bicyclic) bond motifs is 1. The van der Waals surface area contributed by atoms with E-state index in [0.29, 0.717) is 24.0 Å². The van der Waals surface area contributed by atoms with Gasteiger partial charge in [-0.1, -0.05) is 32.8 Å². The summed E-state index contributed by atoms with van der Waals surface area (Å²) >= 11 is 0. The molecule has 1 aromatic carbocycles. The van der Waals surface area contributed by atoms with Gasteiger partial charge in [-0.05, 0) is 75.0 Å². The summed E-state index contributed by atoms with van der Waals surface area (Å²) in [6, 6.07) is 4.15. The molecule has 36 heavy (non-hydrogen) atoms. The van der Waals surface area contributed by atoms with Crippen molar-refractivity contribution in [3.05, 3.63) is 46.4 Å². The van der Waals surface area contributed by atoms with Crippen LogP contribution in [0.2, 0.25) is 0 Å². The van der Waals surface area contributed by atoms with Gasteiger partial charge in [0.1, 0.15) is 11.6 Å². The van der Waals surface area contributed by atoms with Crippen molar-refractivity contribution >= 4 is 27.0 Å². The number of unbranched alkanes of at least 4 members (excludes halogenated alkanes) is 3. The standard InChI is InChI=1S/C27H41FN5O2P/c1-3-33(13-6-4-5-7-15-36)14-12-29-25-22-16-19(2)8-11-24(22)31-27(32-25)30-18-20-9-10-21(26(34)35)23(28)17-20/h9-10,17,19H,3-8,11-16,18,36H2,1-2H3,(H,34,35)(H2,29,30,31,32). The number of aromatic carboxylic acids is 1. The molecule has 1 heterocycles. The maximum atomic E-state index is 14.1. The molecule has 2 atom stereocenters. The number of aryl methyl sites for hydroxylation is 1. The number of carboxylic acid groups (broad SMARTS) is 1. The van der Waals surface area contributed by atoms with E-state index in [1.54, 1.807) is 6.07 Å². The lowest BCUT2D eigenvalue weighted by Crippen LogP contribution is -2.30. The van der Waals surface area contributed by atoms with Crippen LogP contribution in [0.25, 0.3) is 0 Å². The van der Waals surface area contributed by atoms with Crippen LogP contribution < -0.4 is 10.6 Å². The summed E-state index contributed by atoms with van der Waals surface area (Å²) in [5.74, 6) is -0.0144. The van der Waals surface area contributed by atoms with E-state index in [2.05, 4.69) is 38.6 Å². The molecule has 1 aliphatic carbocycles. The van der Waals surface area contributed by atoms with Crippen LogP contribution in [-0.4, -0.2) is 58.3 Å². The van der Waals surface area contributed by atoms with Crippen molar-refractivity contribution in [1.29, 1.82) is 0 Å². The van der Waals surface area contributed by atoms with E-state index in [1.807, 2.05) is 0 Å². The fraction of sp³-hybridized carbons (Fsp3) is 0.593. The molecule has 2 unspecified atom stereocenters. The molecular formula is C27H41FN5O2P. The number of halogens is 1. The lowest BCUT2D eigenvalue weighted by atomic mass is 9.88. The van der Waals surface area contributed by atoms with Crippen LogP contribution in [0, 0.1) is 11.7 Å². The number of hydrogen-bond donors (Lipinski definition) is 3. The normalized spacial score (nSPS) is 15.1. The van der Waals surface area contributed by atoms with Gasteiger partial charge < -0.3 is 20.6 Å². The minimum Gasteiger partial charge on any atom is -0.478 e. The van der Waals surface area contributed by atoms with Gasteiger partial charge >= 0.3 is 5.97 Å². The number of nitrogens with one attached hydrogen (secondary N) is 2. The average Bonchev–Trinajstić information content (AvgIpc) is 2.86. The van der Waals surface area contributed by atoms with Crippen molar-refractivity contribution < 1.29 is 14.3 Å². The van der Waals surface area contributed by atoms with Crippen molar-refractivity contribution in [2.24, 2.45) is 5.92 Å². The molecule has 0 aliphatic heterocycles. The molecule has 2 aromatic rings. The zero-order chi connectivity index (χ0) is 25.9. The third-order valence-electron chi connectivity index (χ3n) is 6.83. The predicted octanol–water partition coefficient (Wildman–Crippen LogP) is 5.22. The Labute approximate surface area is 216 Å². The largest absolute Gasteiger partial charge is 0.478 e. The summed E-state index contributed by atoms with van der Waals surface area (Å²) in [7, 11) is 2.80. The molecule has 3 rings (SSSR count). The molecule has 1 aromatic heterocycles. The van der Waals surface area contributed by atoms with Gasteiger partial charge in [0.2, 0.25) is 5.95 Å². The highest BCUT2D eigenvalue weighted by molar-refractivity contribution is 7.16. The van der Waals surface area contributed by atoms with Gasteiger partial charge in [0.05, 0.1) is 11.3 Å². The fourth-order valence-electron chi connectivity index (χ4n) is 4.63. The topological polar surface area (TPSA) is 90.4 Å². The van der Waals surface area contributed by atoms with Crippen LogP contribution >= 0.6 is 9.24 Å².